The van der Waals surface area contributed by atoms with E-state index in [1.165, 1.54) is 11.0 Å². The average Bonchev–Trinajstić information content (AvgIpc) is 3.70. The molecule has 1 fully saturated rings. The number of aliphatic hydroxyl groups excluding tert-OH is 1. The second-order valence-electron chi connectivity index (χ2n) is 14.1. The zero-order valence-electron chi connectivity index (χ0n) is 30.0. The zero-order valence-corrected chi connectivity index (χ0v) is 31.6. The molecule has 52 heavy (non-hydrogen) atoms. The first-order valence-electron chi connectivity index (χ1n) is 17.3. The molecule has 0 aliphatic carbocycles. The lowest BCUT2D eigenvalue weighted by molar-refractivity contribution is -0.139. The van der Waals surface area contributed by atoms with Gasteiger partial charge in [-0.3, -0.25) is 9.59 Å². The van der Waals surface area contributed by atoms with Crippen LogP contribution in [0.25, 0.3) is 11.1 Å². The van der Waals surface area contributed by atoms with Gasteiger partial charge in [0, 0.05) is 36.9 Å². The summed E-state index contributed by atoms with van der Waals surface area (Å²) >= 11 is 6.02. The van der Waals surface area contributed by atoms with E-state index in [1.807, 2.05) is 12.1 Å². The molecule has 1 aromatic heterocycles. The molecule has 1 unspecified atom stereocenters. The Balaban J connectivity index is 1.54. The number of Topliss-reactive ketones (excluding diaryl/α,β-unsaturated/α-hetero) is 1. The smallest absolute Gasteiger partial charge is 0.407 e. The summed E-state index contributed by atoms with van der Waals surface area (Å²) in [4.78, 5) is 46.1. The van der Waals surface area contributed by atoms with Crippen LogP contribution in [0.15, 0.2) is 65.6 Å². The first-order chi connectivity index (χ1) is 24.5. The van der Waals surface area contributed by atoms with Crippen LogP contribution in [0.5, 0.6) is 0 Å². The Morgan fingerprint density at radius 3 is 2.52 bits per heavy atom. The number of para-hydroxylation sites is 2. The minimum absolute atomic E-state index is 0.00993. The number of nitrogens with zero attached hydrogens (tertiary/aromatic N) is 2. The van der Waals surface area contributed by atoms with Crippen LogP contribution in [-0.2, 0) is 35.7 Å². The fourth-order valence-electron chi connectivity index (χ4n) is 6.11. The number of hydrogen-bond donors (Lipinski definition) is 3. The molecule has 3 N–H and O–H groups in total. The van der Waals surface area contributed by atoms with Gasteiger partial charge in [0.25, 0.3) is 0 Å². The third kappa shape index (κ3) is 12.4. The second-order valence-corrected chi connectivity index (χ2v) is 16.3. The van der Waals surface area contributed by atoms with Gasteiger partial charge in [-0.1, -0.05) is 48.4 Å². The van der Waals surface area contributed by atoms with Crippen molar-refractivity contribution in [3.8, 4) is 0 Å². The maximum Gasteiger partial charge on any atom is 0.407 e. The number of ether oxygens (including phenoxy) is 2. The average molecular weight is 761 g/mol. The van der Waals surface area contributed by atoms with Crippen molar-refractivity contribution in [3.05, 3.63) is 77.7 Å². The number of likely N-dealkylation sites (tertiary alicyclic amines) is 1. The molecule has 0 bridgehead atoms. The van der Waals surface area contributed by atoms with Crippen molar-refractivity contribution >= 4 is 50.5 Å². The van der Waals surface area contributed by atoms with Crippen LogP contribution in [0, 0.1) is 5.92 Å². The largest absolute Gasteiger partial charge is 0.444 e. The molecule has 15 heteroatoms. The molecular formula is C37H49ClN4O9S. The molecular weight excluding hydrogens is 712 g/mol. The number of carbonyl (C=O) groups is 3. The number of amides is 2. The maximum absolute atomic E-state index is 14.3. The Bertz CT molecular complexity index is 1760. The molecule has 2 amide bonds. The maximum atomic E-state index is 14.3. The van der Waals surface area contributed by atoms with E-state index in [9.17, 15) is 27.9 Å². The van der Waals surface area contributed by atoms with E-state index < -0.39 is 57.8 Å². The molecule has 1 saturated heterocycles. The Morgan fingerprint density at radius 1 is 1.15 bits per heavy atom. The summed E-state index contributed by atoms with van der Waals surface area (Å²) in [6, 6.07) is 12.1. The highest BCUT2D eigenvalue weighted by Crippen LogP contribution is 2.33. The van der Waals surface area contributed by atoms with E-state index in [0.717, 1.165) is 11.8 Å². The van der Waals surface area contributed by atoms with Gasteiger partial charge in [0.1, 0.15) is 23.3 Å². The van der Waals surface area contributed by atoms with Gasteiger partial charge in [-0.25, -0.2) is 22.9 Å². The predicted octanol–water partition coefficient (Wildman–Crippen LogP) is 5.47. The van der Waals surface area contributed by atoms with Gasteiger partial charge in [0.2, 0.25) is 21.8 Å². The van der Waals surface area contributed by atoms with Crippen LogP contribution in [0.2, 0.25) is 5.02 Å². The van der Waals surface area contributed by atoms with Crippen LogP contribution in [0.1, 0.15) is 76.9 Å². The standard InChI is InChI=1S/C37H49ClN4O9S/c1-6-11-29(41-52(5,47)48)35(45)42-22-27(49-23-24-15-17-26(38)18-16-24)21-30(42)31(43)20-25(12-9-10-19-39-36(46)51-37(2,3)4)33(44)34-40-28-13-7-8-14-32(28)50-34/h6-8,13-18,25,27,29-30,33,41,44H,1,9-12,19-23H2,2-5H3,(H,39,46)/t25-,27-,29-,30+,33?/m1/s1. The number of aromatic nitrogens is 1. The molecule has 284 valence electrons. The van der Waals surface area contributed by atoms with Gasteiger partial charge >= 0.3 is 6.09 Å². The first kappa shape index (κ1) is 40.9. The number of benzene rings is 2. The van der Waals surface area contributed by atoms with E-state index in [4.69, 9.17) is 25.5 Å². The molecule has 3 aromatic rings. The number of rotatable bonds is 18. The van der Waals surface area contributed by atoms with Crippen LogP contribution in [-0.4, -0.2) is 84.3 Å². The number of ketones is 1. The lowest BCUT2D eigenvalue weighted by atomic mass is 9.88. The van der Waals surface area contributed by atoms with Gasteiger partial charge in [-0.15, -0.1) is 6.58 Å². The lowest BCUT2D eigenvalue weighted by Gasteiger charge is -2.29. The van der Waals surface area contributed by atoms with Crippen molar-refractivity contribution in [1.82, 2.24) is 19.9 Å². The van der Waals surface area contributed by atoms with E-state index in [2.05, 4.69) is 21.6 Å². The van der Waals surface area contributed by atoms with Crippen molar-refractivity contribution in [2.45, 2.75) is 95.8 Å². The number of nitrogens with one attached hydrogen (secondary N) is 2. The Labute approximate surface area is 310 Å². The Morgan fingerprint density at radius 2 is 1.87 bits per heavy atom. The molecule has 0 radical (unpaired) electrons. The van der Waals surface area contributed by atoms with Gasteiger partial charge in [0.15, 0.2) is 11.4 Å². The van der Waals surface area contributed by atoms with E-state index in [1.54, 1.807) is 57.2 Å². The van der Waals surface area contributed by atoms with Crippen molar-refractivity contribution in [1.29, 1.82) is 0 Å². The molecule has 1 aliphatic rings. The quantitative estimate of drug-likeness (QED) is 0.111. The first-order valence-corrected chi connectivity index (χ1v) is 19.6. The van der Waals surface area contributed by atoms with E-state index >= 15 is 0 Å². The summed E-state index contributed by atoms with van der Waals surface area (Å²) in [7, 11) is -3.78. The number of alkyl carbamates (subject to hydrolysis) is 1. The summed E-state index contributed by atoms with van der Waals surface area (Å²) in [6.07, 6.45) is 1.56. The lowest BCUT2D eigenvalue weighted by Crippen LogP contribution is -2.51. The number of halogens is 1. The van der Waals surface area contributed by atoms with Crippen LogP contribution >= 0.6 is 11.6 Å². The molecule has 5 atom stereocenters. The van der Waals surface area contributed by atoms with Gasteiger partial charge in [-0.05, 0) is 69.9 Å². The van der Waals surface area contributed by atoms with E-state index in [-0.39, 0.29) is 44.1 Å². The molecule has 4 rings (SSSR count). The molecule has 0 saturated carbocycles. The topological polar surface area (TPSA) is 177 Å². The van der Waals surface area contributed by atoms with Gasteiger partial charge in [0.05, 0.1) is 25.0 Å². The molecule has 2 aromatic carbocycles. The molecule has 2 heterocycles. The third-order valence-electron chi connectivity index (χ3n) is 8.52. The highest BCUT2D eigenvalue weighted by atomic mass is 35.5. The number of oxazole rings is 1. The number of hydrogen-bond acceptors (Lipinski definition) is 10. The number of carbonyl (C=O) groups excluding carboxylic acids is 3. The summed E-state index contributed by atoms with van der Waals surface area (Å²) in [5, 5.41) is 14.9. The normalized spacial score (nSPS) is 18.2. The highest BCUT2D eigenvalue weighted by molar-refractivity contribution is 7.88. The SMILES string of the molecule is C=CC[C@@H](NS(C)(=O)=O)C(=O)N1C[C@H](OCc2ccc(Cl)cc2)C[C@H]1C(=O)C[C@@H](CCCCNC(=O)OC(C)(C)C)C(O)c1nc2ccccc2o1. The summed E-state index contributed by atoms with van der Waals surface area (Å²) in [5.74, 6) is -1.50. The fraction of sp³-hybridized carbons (Fsp3) is 0.514. The monoisotopic (exact) mass is 760 g/mol. The third-order valence-corrected chi connectivity index (χ3v) is 9.48. The zero-order chi connectivity index (χ0) is 38.1. The van der Waals surface area contributed by atoms with Crippen molar-refractivity contribution in [2.75, 3.05) is 19.3 Å². The number of unbranched alkanes of at least 4 members (excludes halogenated alkanes) is 1. The van der Waals surface area contributed by atoms with Crippen molar-refractivity contribution in [3.63, 3.8) is 0 Å². The fourth-order valence-corrected chi connectivity index (χ4v) is 6.95. The highest BCUT2D eigenvalue weighted by Gasteiger charge is 2.43. The van der Waals surface area contributed by atoms with Gasteiger partial charge < -0.3 is 29.2 Å². The number of aliphatic hydroxyl groups is 1. The summed E-state index contributed by atoms with van der Waals surface area (Å²) < 4.78 is 44.0. The van der Waals surface area contributed by atoms with Crippen LogP contribution in [0.3, 0.4) is 0 Å². The van der Waals surface area contributed by atoms with Crippen molar-refractivity contribution in [2.24, 2.45) is 5.92 Å². The second kappa shape index (κ2) is 18.3. The number of sulfonamides is 1. The summed E-state index contributed by atoms with van der Waals surface area (Å²) in [6.45, 7) is 9.57. The number of fused-ring (bicyclic) bond motifs is 1. The Kier molecular flexibility index (Phi) is 14.4. The minimum Gasteiger partial charge on any atom is -0.444 e. The molecule has 13 nitrogen and oxygen atoms in total. The Hall–Kier alpha value is -3.82. The van der Waals surface area contributed by atoms with Crippen molar-refractivity contribution < 1.29 is 41.8 Å². The predicted molar refractivity (Wildman–Crippen MR) is 197 cm³/mol. The van der Waals surface area contributed by atoms with Crippen LogP contribution < -0.4 is 10.0 Å². The van der Waals surface area contributed by atoms with Gasteiger partial charge in [-0.2, -0.15) is 0 Å². The molecule has 1 aliphatic heterocycles. The molecule has 0 spiro atoms. The van der Waals surface area contributed by atoms with E-state index in [0.29, 0.717) is 41.9 Å². The summed E-state index contributed by atoms with van der Waals surface area (Å²) in [5.41, 5.74) is 1.26. The minimum atomic E-state index is -3.78. The van der Waals surface area contributed by atoms with Crippen LogP contribution in [0.4, 0.5) is 4.79 Å².